The van der Waals surface area contributed by atoms with Crippen molar-refractivity contribution in [3.05, 3.63) is 69.9 Å². The molecule has 37 heavy (non-hydrogen) atoms. The molecule has 0 aliphatic heterocycles. The van der Waals surface area contributed by atoms with Crippen molar-refractivity contribution in [1.82, 2.24) is 5.32 Å². The van der Waals surface area contributed by atoms with Crippen LogP contribution < -0.4 is 39.7 Å². The number of methoxy groups -OCH3 is 5. The van der Waals surface area contributed by atoms with Gasteiger partial charge in [0, 0.05) is 11.3 Å². The van der Waals surface area contributed by atoms with E-state index < -0.39 is 12.1 Å². The van der Waals surface area contributed by atoms with E-state index >= 15 is 0 Å². The molecule has 2 amide bonds. The maximum Gasteiger partial charge on any atom is 0.319 e. The smallest absolute Gasteiger partial charge is 0.319 e. The minimum atomic E-state index is -0.479. The molecule has 4 rings (SSSR count). The fraction of sp³-hybridized carbons (Fsp3) is 0.286. The molecule has 0 radical (unpaired) electrons. The van der Waals surface area contributed by atoms with Crippen molar-refractivity contribution in [3.8, 4) is 39.9 Å². The van der Waals surface area contributed by atoms with Crippen molar-refractivity contribution >= 4 is 11.7 Å². The zero-order valence-electron chi connectivity index (χ0n) is 21.5. The van der Waals surface area contributed by atoms with Gasteiger partial charge in [0.2, 0.25) is 11.2 Å². The number of rotatable bonds is 7. The predicted molar refractivity (Wildman–Crippen MR) is 141 cm³/mol. The summed E-state index contributed by atoms with van der Waals surface area (Å²) in [6, 6.07) is 13.0. The Morgan fingerprint density at radius 1 is 0.811 bits per heavy atom. The zero-order chi connectivity index (χ0) is 26.5. The highest BCUT2D eigenvalue weighted by Gasteiger charge is 2.30. The molecule has 0 spiro atoms. The third-order valence-corrected chi connectivity index (χ3v) is 6.37. The molecule has 0 bridgehead atoms. The molecule has 2 N–H and O–H groups in total. The van der Waals surface area contributed by atoms with E-state index in [0.717, 1.165) is 16.7 Å². The van der Waals surface area contributed by atoms with Crippen LogP contribution in [0.25, 0.3) is 11.1 Å². The molecule has 9 nitrogen and oxygen atoms in total. The second-order valence-electron chi connectivity index (χ2n) is 8.38. The van der Waals surface area contributed by atoms with Crippen molar-refractivity contribution in [1.29, 1.82) is 0 Å². The molecule has 1 aliphatic carbocycles. The molecule has 0 unspecified atom stereocenters. The number of amides is 2. The number of urea groups is 1. The van der Waals surface area contributed by atoms with Gasteiger partial charge in [-0.25, -0.2) is 4.79 Å². The van der Waals surface area contributed by atoms with Crippen LogP contribution in [0.1, 0.15) is 23.6 Å². The Hall–Kier alpha value is -4.40. The number of anilines is 1. The first kappa shape index (κ1) is 25.7. The van der Waals surface area contributed by atoms with Crippen molar-refractivity contribution in [2.24, 2.45) is 0 Å². The van der Waals surface area contributed by atoms with Crippen LogP contribution in [0.3, 0.4) is 0 Å². The summed E-state index contributed by atoms with van der Waals surface area (Å²) in [5, 5.41) is 5.88. The van der Waals surface area contributed by atoms with E-state index in [1.165, 1.54) is 13.2 Å². The van der Waals surface area contributed by atoms with E-state index in [1.54, 1.807) is 58.8 Å². The SMILES string of the molecule is COc1ccc(NC(=O)N[C@H]2CCc3cc(OC)c(OC)c(OC)c3-c3ccc(OC)c(=O)cc32)cc1. The molecule has 0 saturated carbocycles. The van der Waals surface area contributed by atoms with Gasteiger partial charge in [0.15, 0.2) is 17.2 Å². The van der Waals surface area contributed by atoms with Crippen LogP contribution in [-0.4, -0.2) is 41.6 Å². The number of carbonyl (C=O) groups excluding carboxylic acids is 1. The molecule has 0 heterocycles. The van der Waals surface area contributed by atoms with Crippen LogP contribution in [-0.2, 0) is 6.42 Å². The molecule has 1 atom stereocenters. The summed E-state index contributed by atoms with van der Waals surface area (Å²) in [4.78, 5) is 26.0. The topological polar surface area (TPSA) is 104 Å². The number of fused-ring (bicyclic) bond motifs is 3. The van der Waals surface area contributed by atoms with Gasteiger partial charge in [-0.1, -0.05) is 6.07 Å². The summed E-state index contributed by atoms with van der Waals surface area (Å²) in [6.07, 6.45) is 1.11. The Kier molecular flexibility index (Phi) is 7.71. The van der Waals surface area contributed by atoms with Gasteiger partial charge in [0.1, 0.15) is 5.75 Å². The summed E-state index contributed by atoms with van der Waals surface area (Å²) in [5.74, 6) is 2.34. The van der Waals surface area contributed by atoms with Crippen LogP contribution in [0.2, 0.25) is 0 Å². The number of hydrogen-bond donors (Lipinski definition) is 2. The minimum absolute atomic E-state index is 0.190. The predicted octanol–water partition coefficient (Wildman–Crippen LogP) is 4.57. The van der Waals surface area contributed by atoms with Crippen molar-refractivity contribution in [2.75, 3.05) is 40.9 Å². The number of benzene rings is 2. The van der Waals surface area contributed by atoms with Gasteiger partial charge in [0.25, 0.3) is 0 Å². The first-order valence-corrected chi connectivity index (χ1v) is 11.7. The second kappa shape index (κ2) is 11.1. The van der Waals surface area contributed by atoms with E-state index in [2.05, 4.69) is 10.6 Å². The quantitative estimate of drug-likeness (QED) is 0.484. The first-order chi connectivity index (χ1) is 17.9. The number of nitrogens with one attached hydrogen (secondary N) is 2. The molecular weight excluding hydrogens is 476 g/mol. The van der Waals surface area contributed by atoms with Gasteiger partial charge >= 0.3 is 6.03 Å². The lowest BCUT2D eigenvalue weighted by Gasteiger charge is -2.20. The van der Waals surface area contributed by atoms with Gasteiger partial charge in [-0.05, 0) is 72.0 Å². The first-order valence-electron chi connectivity index (χ1n) is 11.7. The van der Waals surface area contributed by atoms with E-state index in [9.17, 15) is 9.59 Å². The van der Waals surface area contributed by atoms with Gasteiger partial charge in [0.05, 0.1) is 41.6 Å². The lowest BCUT2D eigenvalue weighted by atomic mass is 9.95. The van der Waals surface area contributed by atoms with Crippen LogP contribution >= 0.6 is 0 Å². The maximum absolute atomic E-state index is 13.0. The largest absolute Gasteiger partial charge is 0.497 e. The highest BCUT2D eigenvalue weighted by molar-refractivity contribution is 5.90. The number of carbonyl (C=O) groups is 1. The van der Waals surface area contributed by atoms with Crippen molar-refractivity contribution in [3.63, 3.8) is 0 Å². The standard InChI is InChI=1S/C28H30N2O7/c1-33-18-9-7-17(8-10-18)29-28(32)30-21-12-6-16-14-24(35-3)26(36-4)27(37-5)25(16)19-11-13-23(34-2)22(31)15-20(19)21/h7-11,13-15,21H,6,12H2,1-5H3,(H2,29,30,32)/t21-/m0/s1. The Labute approximate surface area is 215 Å². The van der Waals surface area contributed by atoms with E-state index in [0.29, 0.717) is 47.1 Å². The molecule has 3 aromatic carbocycles. The van der Waals surface area contributed by atoms with E-state index in [4.69, 9.17) is 23.7 Å². The third kappa shape index (κ3) is 5.11. The van der Waals surface area contributed by atoms with Crippen LogP contribution in [0.5, 0.6) is 28.7 Å². The Morgan fingerprint density at radius 3 is 2.14 bits per heavy atom. The van der Waals surface area contributed by atoms with Gasteiger partial charge < -0.3 is 34.3 Å². The molecule has 0 aromatic heterocycles. The molecule has 0 fully saturated rings. The molecule has 1 aliphatic rings. The average molecular weight is 507 g/mol. The summed E-state index contributed by atoms with van der Waals surface area (Å²) in [5.41, 5.74) is 3.38. The van der Waals surface area contributed by atoms with Gasteiger partial charge in [-0.3, -0.25) is 4.79 Å². The lowest BCUT2D eigenvalue weighted by molar-refractivity contribution is 0.248. The van der Waals surface area contributed by atoms with E-state index in [1.807, 2.05) is 12.1 Å². The summed E-state index contributed by atoms with van der Waals surface area (Å²) < 4.78 is 27.4. The van der Waals surface area contributed by atoms with Crippen molar-refractivity contribution in [2.45, 2.75) is 18.9 Å². The van der Waals surface area contributed by atoms with E-state index in [-0.39, 0.29) is 11.2 Å². The fourth-order valence-electron chi connectivity index (χ4n) is 4.62. The second-order valence-corrected chi connectivity index (χ2v) is 8.38. The fourth-order valence-corrected chi connectivity index (χ4v) is 4.62. The average Bonchev–Trinajstić information content (AvgIpc) is 3.16. The Bertz CT molecular complexity index is 1360. The molecule has 194 valence electrons. The van der Waals surface area contributed by atoms with Gasteiger partial charge in [-0.15, -0.1) is 0 Å². The van der Waals surface area contributed by atoms with Crippen LogP contribution in [0.15, 0.2) is 53.3 Å². The summed E-state index contributed by atoms with van der Waals surface area (Å²) in [7, 11) is 7.69. The highest BCUT2D eigenvalue weighted by atomic mass is 16.5. The monoisotopic (exact) mass is 506 g/mol. The normalized spacial score (nSPS) is 13.8. The third-order valence-electron chi connectivity index (χ3n) is 6.37. The lowest BCUT2D eigenvalue weighted by Crippen LogP contribution is -2.33. The van der Waals surface area contributed by atoms with Gasteiger partial charge in [-0.2, -0.15) is 0 Å². The molecule has 9 heteroatoms. The summed E-state index contributed by atoms with van der Waals surface area (Å²) >= 11 is 0. The molecular formula is C28H30N2O7. The van der Waals surface area contributed by atoms with Crippen molar-refractivity contribution < 1.29 is 28.5 Å². The minimum Gasteiger partial charge on any atom is -0.497 e. The number of ether oxygens (including phenoxy) is 5. The highest BCUT2D eigenvalue weighted by Crippen LogP contribution is 2.50. The maximum atomic E-state index is 13.0. The number of aryl methyl sites for hydroxylation is 1. The summed E-state index contributed by atoms with van der Waals surface area (Å²) in [6.45, 7) is 0. The van der Waals surface area contributed by atoms with Crippen LogP contribution in [0.4, 0.5) is 10.5 Å². The molecule has 0 saturated heterocycles. The Morgan fingerprint density at radius 2 is 1.51 bits per heavy atom. The number of hydrogen-bond acceptors (Lipinski definition) is 7. The van der Waals surface area contributed by atoms with Crippen LogP contribution in [0, 0.1) is 0 Å². The Balaban J connectivity index is 1.81. The molecule has 3 aromatic rings. The zero-order valence-corrected chi connectivity index (χ0v) is 21.5.